The lowest BCUT2D eigenvalue weighted by molar-refractivity contribution is 1.02. The predicted molar refractivity (Wildman–Crippen MR) is 99.9 cm³/mol. The van der Waals surface area contributed by atoms with Crippen LogP contribution in [0.5, 0.6) is 0 Å². The molecule has 0 saturated heterocycles. The summed E-state index contributed by atoms with van der Waals surface area (Å²) < 4.78 is 0. The molecule has 0 spiro atoms. The predicted octanol–water partition coefficient (Wildman–Crippen LogP) is 7.04. The Labute approximate surface area is 131 Å². The highest BCUT2D eigenvalue weighted by Crippen LogP contribution is 2.24. The Bertz CT molecular complexity index is 561. The maximum atomic E-state index is 3.99. The normalized spacial score (nSPS) is 9.00. The minimum absolute atomic E-state index is 1.03. The van der Waals surface area contributed by atoms with Crippen LogP contribution in [0, 0.1) is 0 Å². The Kier molecular flexibility index (Phi) is 9.96. The van der Waals surface area contributed by atoms with Crippen molar-refractivity contribution in [2.45, 2.75) is 47.5 Å². The fourth-order valence-electron chi connectivity index (χ4n) is 2.09. The van der Waals surface area contributed by atoms with Crippen LogP contribution in [0.1, 0.15) is 52.2 Å². The van der Waals surface area contributed by atoms with E-state index in [0.29, 0.717) is 0 Å². The molecule has 0 aliphatic carbocycles. The molecule has 0 N–H and O–H groups in total. The average Bonchev–Trinajstić information content (AvgIpc) is 2.56. The molecule has 2 rings (SSSR count). The van der Waals surface area contributed by atoms with Gasteiger partial charge < -0.3 is 0 Å². The fourth-order valence-corrected chi connectivity index (χ4v) is 2.09. The summed E-state index contributed by atoms with van der Waals surface area (Å²) in [7, 11) is 0. The molecule has 0 aliphatic heterocycles. The lowest BCUT2D eigenvalue weighted by Crippen LogP contribution is -1.87. The summed E-state index contributed by atoms with van der Waals surface area (Å²) >= 11 is 0. The Morgan fingerprint density at radius 1 is 1.05 bits per heavy atom. The van der Waals surface area contributed by atoms with Gasteiger partial charge in [0.2, 0.25) is 0 Å². The van der Waals surface area contributed by atoms with Crippen molar-refractivity contribution in [2.24, 2.45) is 0 Å². The van der Waals surface area contributed by atoms with Crippen LogP contribution in [0.2, 0.25) is 0 Å². The van der Waals surface area contributed by atoms with E-state index < -0.39 is 0 Å². The van der Waals surface area contributed by atoms with E-state index in [2.05, 4.69) is 49.6 Å². The van der Waals surface area contributed by atoms with Crippen LogP contribution in [0.3, 0.4) is 0 Å². The maximum absolute atomic E-state index is 3.99. The maximum Gasteiger partial charge on any atom is -0.0151 e. The quantitative estimate of drug-likeness (QED) is 0.527. The number of hydrogen-bond acceptors (Lipinski definition) is 0. The van der Waals surface area contributed by atoms with Gasteiger partial charge in [0, 0.05) is 0 Å². The van der Waals surface area contributed by atoms with Gasteiger partial charge in [-0.1, -0.05) is 76.3 Å². The summed E-state index contributed by atoms with van der Waals surface area (Å²) in [5.41, 5.74) is 3.73. The summed E-state index contributed by atoms with van der Waals surface area (Å²) in [6, 6.07) is 13.1. The van der Waals surface area contributed by atoms with Gasteiger partial charge >= 0.3 is 0 Å². The summed E-state index contributed by atoms with van der Waals surface area (Å²) in [6.45, 7) is 17.8. The molecule has 0 saturated carbocycles. The summed E-state index contributed by atoms with van der Waals surface area (Å²) in [4.78, 5) is 0. The average molecular weight is 282 g/mol. The van der Waals surface area contributed by atoms with Crippen molar-refractivity contribution in [3.05, 3.63) is 66.8 Å². The van der Waals surface area contributed by atoms with Crippen molar-refractivity contribution in [3.63, 3.8) is 0 Å². The van der Waals surface area contributed by atoms with Gasteiger partial charge in [-0.05, 0) is 47.7 Å². The lowest BCUT2D eigenvalue weighted by Gasteiger charge is -2.07. The van der Waals surface area contributed by atoms with Gasteiger partial charge in [-0.2, -0.15) is 0 Å². The molecule has 2 aromatic carbocycles. The molecule has 0 atom stereocenters. The molecule has 114 valence electrons. The third-order valence-corrected chi connectivity index (χ3v) is 3.08. The Morgan fingerprint density at radius 2 is 1.71 bits per heavy atom. The Hall–Kier alpha value is -1.82. The van der Waals surface area contributed by atoms with Crippen molar-refractivity contribution >= 4 is 16.3 Å². The number of benzene rings is 2. The highest BCUT2D eigenvalue weighted by Gasteiger charge is 2.01. The van der Waals surface area contributed by atoms with Crippen LogP contribution in [0.15, 0.2) is 55.6 Å². The van der Waals surface area contributed by atoms with Crippen molar-refractivity contribution in [1.82, 2.24) is 0 Å². The first-order valence-corrected chi connectivity index (χ1v) is 8.01. The van der Waals surface area contributed by atoms with E-state index in [4.69, 9.17) is 0 Å². The van der Waals surface area contributed by atoms with Crippen LogP contribution < -0.4 is 0 Å². The van der Waals surface area contributed by atoms with E-state index in [-0.39, 0.29) is 0 Å². The number of fused-ring (bicyclic) bond motifs is 1. The largest absolute Gasteiger partial charge is 0.103 e. The summed E-state index contributed by atoms with van der Waals surface area (Å²) in [5, 5.41) is 2.64. The van der Waals surface area contributed by atoms with Gasteiger partial charge in [0.15, 0.2) is 0 Å². The lowest BCUT2D eigenvalue weighted by atomic mass is 9.97. The fraction of sp³-hybridized carbons (Fsp3) is 0.333. The topological polar surface area (TPSA) is 0 Å². The van der Waals surface area contributed by atoms with Crippen LogP contribution >= 0.6 is 0 Å². The van der Waals surface area contributed by atoms with E-state index in [1.807, 2.05) is 40.7 Å². The summed E-state index contributed by atoms with van der Waals surface area (Å²) in [6.07, 6.45) is 4.07. The van der Waals surface area contributed by atoms with E-state index >= 15 is 0 Å². The summed E-state index contributed by atoms with van der Waals surface area (Å²) in [5.74, 6) is 0. The number of allylic oxidation sites excluding steroid dienone is 2. The molecular formula is C21H30. The highest BCUT2D eigenvalue weighted by molar-refractivity contribution is 5.88. The number of hydrogen-bond donors (Lipinski definition) is 0. The molecule has 2 aromatic rings. The zero-order valence-corrected chi connectivity index (χ0v) is 14.4. The third-order valence-electron chi connectivity index (χ3n) is 3.08. The number of aryl methyl sites for hydroxylation is 1. The van der Waals surface area contributed by atoms with E-state index in [1.54, 1.807) is 0 Å². The molecule has 0 unspecified atom stereocenters. The monoisotopic (exact) mass is 282 g/mol. The first-order chi connectivity index (χ1) is 10.2. The van der Waals surface area contributed by atoms with Gasteiger partial charge in [0.05, 0.1) is 0 Å². The first kappa shape index (κ1) is 19.2. The molecular weight excluding hydrogens is 252 g/mol. The second-order valence-corrected chi connectivity index (χ2v) is 4.46. The van der Waals surface area contributed by atoms with Gasteiger partial charge in [0.25, 0.3) is 0 Å². The van der Waals surface area contributed by atoms with E-state index in [1.165, 1.54) is 21.9 Å². The minimum Gasteiger partial charge on any atom is -0.103 e. The molecule has 0 radical (unpaired) electrons. The van der Waals surface area contributed by atoms with Gasteiger partial charge in [0.1, 0.15) is 0 Å². The zero-order chi connectivity index (χ0) is 16.3. The Balaban J connectivity index is 0.000000921. The van der Waals surface area contributed by atoms with E-state index in [9.17, 15) is 0 Å². The molecule has 0 aliphatic rings. The van der Waals surface area contributed by atoms with Crippen molar-refractivity contribution in [3.8, 4) is 0 Å². The number of rotatable bonds is 4. The molecule has 0 amide bonds. The zero-order valence-electron chi connectivity index (χ0n) is 14.4. The van der Waals surface area contributed by atoms with Crippen LogP contribution in [0.4, 0.5) is 0 Å². The third kappa shape index (κ3) is 5.59. The Morgan fingerprint density at radius 3 is 2.29 bits per heavy atom. The van der Waals surface area contributed by atoms with Gasteiger partial charge in [-0.25, -0.2) is 0 Å². The molecule has 0 aromatic heterocycles. The second kappa shape index (κ2) is 10.9. The minimum atomic E-state index is 1.03. The second-order valence-electron chi connectivity index (χ2n) is 4.46. The van der Waals surface area contributed by atoms with Crippen molar-refractivity contribution in [1.29, 1.82) is 0 Å². The van der Waals surface area contributed by atoms with Gasteiger partial charge in [-0.3, -0.25) is 0 Å². The van der Waals surface area contributed by atoms with Crippen LogP contribution in [-0.2, 0) is 6.42 Å². The van der Waals surface area contributed by atoms with Crippen LogP contribution in [0.25, 0.3) is 16.3 Å². The first-order valence-electron chi connectivity index (χ1n) is 8.01. The molecule has 0 nitrogen and oxygen atoms in total. The van der Waals surface area contributed by atoms with Crippen LogP contribution in [-0.4, -0.2) is 0 Å². The molecule has 0 heteroatoms. The molecule has 21 heavy (non-hydrogen) atoms. The smallest absolute Gasteiger partial charge is 0.0151 e. The van der Waals surface area contributed by atoms with Crippen molar-refractivity contribution in [2.75, 3.05) is 0 Å². The molecule has 0 fully saturated rings. The SMILES string of the molecule is C=CCCc1cccc2cc(C(=C)C)ccc12.CC.CC. The molecule has 0 heterocycles. The van der Waals surface area contributed by atoms with Gasteiger partial charge in [-0.15, -0.1) is 6.58 Å². The molecule has 0 bridgehead atoms. The van der Waals surface area contributed by atoms with Crippen molar-refractivity contribution < 1.29 is 0 Å². The van der Waals surface area contributed by atoms with E-state index in [0.717, 1.165) is 18.4 Å². The standard InChI is InChI=1S/C17H18.2C2H6/c1-4-5-7-14-8-6-9-16-12-15(13(2)3)10-11-17(14)16;2*1-2/h4,6,8-12H,1-2,5,7H2,3H3;2*1-2H3. The highest BCUT2D eigenvalue weighted by atomic mass is 14.1.